The average molecular weight is 151 g/mol. The SMILES string of the molecule is CCN(C(C)C)C(C)C.F.[H+].[H+]. The first-order valence-electron chi connectivity index (χ1n) is 3.85. The predicted molar refractivity (Wildman–Crippen MR) is 47.4 cm³/mol. The highest BCUT2D eigenvalue weighted by atomic mass is 19.0. The zero-order chi connectivity index (χ0) is 7.44. The Bertz CT molecular complexity index is 71.5. The molecule has 0 heterocycles. The summed E-state index contributed by atoms with van der Waals surface area (Å²) in [6, 6.07) is 1.38. The molecule has 0 unspecified atom stereocenters. The summed E-state index contributed by atoms with van der Waals surface area (Å²) in [5.41, 5.74) is 0. The molecule has 0 amide bonds. The first-order chi connectivity index (χ1) is 4.09. The Labute approximate surface area is 66.8 Å². The van der Waals surface area contributed by atoms with E-state index in [1.54, 1.807) is 0 Å². The lowest BCUT2D eigenvalue weighted by molar-refractivity contribution is 0.185. The standard InChI is InChI=1S/C8H19N.FH/c1-6-9(7(2)3)8(4)5;/h7-8H,6H2,1-5H3;1H/p+2. The van der Waals surface area contributed by atoms with Gasteiger partial charge in [-0.3, -0.25) is 9.60 Å². The van der Waals surface area contributed by atoms with Crippen molar-refractivity contribution in [2.75, 3.05) is 6.54 Å². The molecule has 0 aromatic rings. The van der Waals surface area contributed by atoms with Crippen molar-refractivity contribution in [2.24, 2.45) is 0 Å². The highest BCUT2D eigenvalue weighted by Gasteiger charge is 2.08. The molecule has 0 atom stereocenters. The molecule has 0 rings (SSSR count). The molecule has 0 saturated carbocycles. The van der Waals surface area contributed by atoms with Crippen LogP contribution >= 0.6 is 0 Å². The molecule has 0 saturated heterocycles. The summed E-state index contributed by atoms with van der Waals surface area (Å²) in [5.74, 6) is 0. The minimum Gasteiger partial charge on any atom is -0.299 e. The van der Waals surface area contributed by atoms with Crippen molar-refractivity contribution in [3.63, 3.8) is 0 Å². The third-order valence-corrected chi connectivity index (χ3v) is 1.69. The third-order valence-electron chi connectivity index (χ3n) is 1.69. The van der Waals surface area contributed by atoms with Gasteiger partial charge in [-0.05, 0) is 34.2 Å². The Morgan fingerprint density at radius 1 is 1.10 bits per heavy atom. The maximum Gasteiger partial charge on any atom is 1.00 e. The summed E-state index contributed by atoms with van der Waals surface area (Å²) >= 11 is 0. The van der Waals surface area contributed by atoms with E-state index in [1.165, 1.54) is 0 Å². The highest BCUT2D eigenvalue weighted by Crippen LogP contribution is 2.02. The summed E-state index contributed by atoms with van der Waals surface area (Å²) in [6.45, 7) is 12.3. The van der Waals surface area contributed by atoms with Crippen LogP contribution in [0.4, 0.5) is 4.70 Å². The van der Waals surface area contributed by atoms with Gasteiger partial charge in [0.05, 0.1) is 0 Å². The van der Waals surface area contributed by atoms with Crippen molar-refractivity contribution in [1.29, 1.82) is 0 Å². The van der Waals surface area contributed by atoms with Gasteiger partial charge in [-0.25, -0.2) is 0 Å². The fraction of sp³-hybridized carbons (Fsp3) is 1.00. The van der Waals surface area contributed by atoms with Crippen LogP contribution in [0.2, 0.25) is 0 Å². The van der Waals surface area contributed by atoms with Gasteiger partial charge in [0.2, 0.25) is 0 Å². The summed E-state index contributed by atoms with van der Waals surface area (Å²) in [5, 5.41) is 0. The smallest absolute Gasteiger partial charge is 0.299 e. The first-order valence-corrected chi connectivity index (χ1v) is 3.85. The average Bonchev–Trinajstić information content (AvgIpc) is 1.64. The minimum absolute atomic E-state index is 0. The molecule has 0 bridgehead atoms. The van der Waals surface area contributed by atoms with Crippen molar-refractivity contribution >= 4 is 0 Å². The van der Waals surface area contributed by atoms with Gasteiger partial charge in [0, 0.05) is 12.1 Å². The fourth-order valence-corrected chi connectivity index (χ4v) is 1.33. The lowest BCUT2D eigenvalue weighted by Gasteiger charge is -2.28. The first kappa shape index (κ1) is 12.6. The molecule has 0 radical (unpaired) electrons. The molecule has 0 spiro atoms. The van der Waals surface area contributed by atoms with Gasteiger partial charge in [0.15, 0.2) is 0 Å². The van der Waals surface area contributed by atoms with Gasteiger partial charge in [-0.1, -0.05) is 6.92 Å². The van der Waals surface area contributed by atoms with Gasteiger partial charge >= 0.3 is 2.85 Å². The maximum absolute atomic E-state index is 2.46. The number of halogens is 1. The van der Waals surface area contributed by atoms with Crippen LogP contribution < -0.4 is 0 Å². The quantitative estimate of drug-likeness (QED) is 0.599. The second-order valence-electron chi connectivity index (χ2n) is 3.02. The van der Waals surface area contributed by atoms with Crippen LogP contribution in [0.5, 0.6) is 0 Å². The predicted octanol–water partition coefficient (Wildman–Crippen LogP) is 2.50. The molecule has 0 aliphatic rings. The van der Waals surface area contributed by atoms with E-state index in [2.05, 4.69) is 39.5 Å². The molecule has 64 valence electrons. The molecular formula is C8H22FN+2. The Morgan fingerprint density at radius 2 is 1.40 bits per heavy atom. The van der Waals surface area contributed by atoms with Crippen molar-refractivity contribution in [3.8, 4) is 0 Å². The summed E-state index contributed by atoms with van der Waals surface area (Å²) in [6.07, 6.45) is 0. The Balaban J connectivity index is -0.000000107. The molecule has 1 nitrogen and oxygen atoms in total. The molecule has 2 heteroatoms. The topological polar surface area (TPSA) is 3.24 Å². The summed E-state index contributed by atoms with van der Waals surface area (Å²) in [7, 11) is 0. The Morgan fingerprint density at radius 3 is 1.40 bits per heavy atom. The van der Waals surface area contributed by atoms with Gasteiger partial charge < -0.3 is 0 Å². The van der Waals surface area contributed by atoms with E-state index in [0.29, 0.717) is 12.1 Å². The molecular weight excluding hydrogens is 129 g/mol. The second kappa shape index (κ2) is 5.66. The van der Waals surface area contributed by atoms with Crippen molar-refractivity contribution in [2.45, 2.75) is 46.7 Å². The Kier molecular flexibility index (Phi) is 7.10. The molecule has 10 heavy (non-hydrogen) atoms. The van der Waals surface area contributed by atoms with Crippen LogP contribution in [0.15, 0.2) is 0 Å². The van der Waals surface area contributed by atoms with Crippen molar-refractivity contribution in [1.82, 2.24) is 4.90 Å². The van der Waals surface area contributed by atoms with Crippen LogP contribution in [0.1, 0.15) is 37.5 Å². The lowest BCUT2D eigenvalue weighted by Crippen LogP contribution is -2.36. The van der Waals surface area contributed by atoms with Gasteiger partial charge in [-0.15, -0.1) is 0 Å². The van der Waals surface area contributed by atoms with E-state index in [4.69, 9.17) is 0 Å². The molecule has 0 aromatic carbocycles. The van der Waals surface area contributed by atoms with Crippen molar-refractivity contribution < 1.29 is 7.56 Å². The maximum atomic E-state index is 2.46. The van der Waals surface area contributed by atoms with Crippen LogP contribution in [0, 0.1) is 0 Å². The van der Waals surface area contributed by atoms with E-state index in [9.17, 15) is 0 Å². The fourth-order valence-electron chi connectivity index (χ4n) is 1.33. The molecule has 0 aliphatic carbocycles. The van der Waals surface area contributed by atoms with Gasteiger partial charge in [-0.2, -0.15) is 0 Å². The number of nitrogens with zero attached hydrogens (tertiary/aromatic N) is 1. The molecule has 0 N–H and O–H groups in total. The number of hydrogen-bond donors (Lipinski definition) is 0. The van der Waals surface area contributed by atoms with E-state index >= 15 is 0 Å². The summed E-state index contributed by atoms with van der Waals surface area (Å²) in [4.78, 5) is 2.46. The van der Waals surface area contributed by atoms with E-state index in [1.807, 2.05) is 0 Å². The largest absolute Gasteiger partial charge is 1.00 e. The minimum atomic E-state index is 0. The summed E-state index contributed by atoms with van der Waals surface area (Å²) < 4.78 is 0. The monoisotopic (exact) mass is 151 g/mol. The van der Waals surface area contributed by atoms with Crippen molar-refractivity contribution in [3.05, 3.63) is 0 Å². The number of rotatable bonds is 3. The molecule has 0 aromatic heterocycles. The normalized spacial score (nSPS) is 10.8. The number of hydrogen-bond acceptors (Lipinski definition) is 1. The zero-order valence-corrected chi connectivity index (χ0v) is 7.72. The lowest BCUT2D eigenvalue weighted by atomic mass is 10.2. The van der Waals surface area contributed by atoms with E-state index in [0.717, 1.165) is 6.54 Å². The molecule has 0 aliphatic heterocycles. The van der Waals surface area contributed by atoms with E-state index < -0.39 is 0 Å². The van der Waals surface area contributed by atoms with Crippen LogP contribution in [0.3, 0.4) is 0 Å². The van der Waals surface area contributed by atoms with Crippen LogP contribution in [-0.4, -0.2) is 23.5 Å². The Hall–Kier alpha value is -0.110. The third kappa shape index (κ3) is 3.83. The highest BCUT2D eigenvalue weighted by molar-refractivity contribution is 4.64. The zero-order valence-electron chi connectivity index (χ0n) is 9.72. The molecule has 0 fully saturated rings. The van der Waals surface area contributed by atoms with Gasteiger partial charge in [0.1, 0.15) is 0 Å². The van der Waals surface area contributed by atoms with Gasteiger partial charge in [0.25, 0.3) is 0 Å². The van der Waals surface area contributed by atoms with E-state index in [-0.39, 0.29) is 7.56 Å². The van der Waals surface area contributed by atoms with Crippen LogP contribution in [0.25, 0.3) is 0 Å². The van der Waals surface area contributed by atoms with Crippen LogP contribution in [-0.2, 0) is 0 Å². The second-order valence-corrected chi connectivity index (χ2v) is 3.02.